The van der Waals surface area contributed by atoms with Gasteiger partial charge in [0, 0.05) is 17.0 Å². The summed E-state index contributed by atoms with van der Waals surface area (Å²) in [6.45, 7) is 4.16. The van der Waals surface area contributed by atoms with Crippen LogP contribution in [0.15, 0.2) is 48.5 Å². The second-order valence-corrected chi connectivity index (χ2v) is 6.63. The molecule has 0 fully saturated rings. The summed E-state index contributed by atoms with van der Waals surface area (Å²) in [5.74, 6) is 1.20. The zero-order valence-corrected chi connectivity index (χ0v) is 16.8. The van der Waals surface area contributed by atoms with Crippen LogP contribution < -0.4 is 14.8 Å². The Kier molecular flexibility index (Phi) is 6.14. The van der Waals surface area contributed by atoms with Crippen molar-refractivity contribution in [3.8, 4) is 22.8 Å². The van der Waals surface area contributed by atoms with E-state index in [0.717, 1.165) is 29.3 Å². The number of amides is 1. The van der Waals surface area contributed by atoms with Crippen LogP contribution in [0.5, 0.6) is 11.5 Å². The maximum absolute atomic E-state index is 13.0. The minimum atomic E-state index is -0.0750. The largest absolute Gasteiger partial charge is 0.493 e. The SMILES string of the molecule is CCC(CC)NC(=O)c1cc(-c2ccc(OC)c(OC)c2)nc2ccccc12. The highest BCUT2D eigenvalue weighted by atomic mass is 16.5. The lowest BCUT2D eigenvalue weighted by Crippen LogP contribution is -2.34. The summed E-state index contributed by atoms with van der Waals surface area (Å²) < 4.78 is 10.7. The monoisotopic (exact) mass is 378 g/mol. The van der Waals surface area contributed by atoms with Crippen LogP contribution in [0.2, 0.25) is 0 Å². The Bertz CT molecular complexity index is 981. The van der Waals surface area contributed by atoms with Crippen LogP contribution in [0, 0.1) is 0 Å². The lowest BCUT2D eigenvalue weighted by atomic mass is 10.0. The van der Waals surface area contributed by atoms with Gasteiger partial charge in [-0.15, -0.1) is 0 Å². The van der Waals surface area contributed by atoms with Crippen LogP contribution in [-0.2, 0) is 0 Å². The van der Waals surface area contributed by atoms with E-state index in [0.29, 0.717) is 22.8 Å². The number of nitrogens with one attached hydrogen (secondary N) is 1. The van der Waals surface area contributed by atoms with Gasteiger partial charge >= 0.3 is 0 Å². The third kappa shape index (κ3) is 3.93. The summed E-state index contributed by atoms with van der Waals surface area (Å²) in [4.78, 5) is 17.8. The van der Waals surface area contributed by atoms with Crippen LogP contribution in [-0.4, -0.2) is 31.2 Å². The molecule has 0 aliphatic rings. The third-order valence-corrected chi connectivity index (χ3v) is 4.96. The number of rotatable bonds is 7. The van der Waals surface area contributed by atoms with Gasteiger partial charge in [0.1, 0.15) is 0 Å². The molecule has 0 saturated carbocycles. The van der Waals surface area contributed by atoms with Gasteiger partial charge in [0.15, 0.2) is 11.5 Å². The second-order valence-electron chi connectivity index (χ2n) is 6.63. The van der Waals surface area contributed by atoms with E-state index in [1.165, 1.54) is 0 Å². The number of carbonyl (C=O) groups excluding carboxylic acids is 1. The van der Waals surface area contributed by atoms with Crippen LogP contribution >= 0.6 is 0 Å². The van der Waals surface area contributed by atoms with Gasteiger partial charge < -0.3 is 14.8 Å². The summed E-state index contributed by atoms with van der Waals surface area (Å²) in [6, 6.07) is 15.3. The van der Waals surface area contributed by atoms with Gasteiger partial charge in [-0.05, 0) is 43.2 Å². The number of fused-ring (bicyclic) bond motifs is 1. The normalized spacial score (nSPS) is 10.9. The highest BCUT2D eigenvalue weighted by molar-refractivity contribution is 6.07. The molecule has 3 rings (SSSR count). The van der Waals surface area contributed by atoms with Crippen molar-refractivity contribution >= 4 is 16.8 Å². The lowest BCUT2D eigenvalue weighted by Gasteiger charge is -2.16. The molecule has 0 atom stereocenters. The molecule has 0 saturated heterocycles. The molecule has 0 aliphatic heterocycles. The fourth-order valence-electron chi connectivity index (χ4n) is 3.26. The van der Waals surface area contributed by atoms with Crippen LogP contribution in [0.3, 0.4) is 0 Å². The summed E-state index contributed by atoms with van der Waals surface area (Å²) in [7, 11) is 3.20. The van der Waals surface area contributed by atoms with Crippen molar-refractivity contribution < 1.29 is 14.3 Å². The fourth-order valence-corrected chi connectivity index (χ4v) is 3.26. The molecular formula is C23H26N2O3. The van der Waals surface area contributed by atoms with Crippen LogP contribution in [0.1, 0.15) is 37.0 Å². The molecule has 1 aromatic heterocycles. The molecule has 146 valence electrons. The van der Waals surface area contributed by atoms with Gasteiger partial charge in [-0.25, -0.2) is 4.98 Å². The Morgan fingerprint density at radius 3 is 2.39 bits per heavy atom. The van der Waals surface area contributed by atoms with Gasteiger partial charge in [0.2, 0.25) is 0 Å². The molecule has 1 amide bonds. The van der Waals surface area contributed by atoms with Crippen LogP contribution in [0.25, 0.3) is 22.2 Å². The van der Waals surface area contributed by atoms with Crippen molar-refractivity contribution in [2.24, 2.45) is 0 Å². The summed E-state index contributed by atoms with van der Waals surface area (Å²) >= 11 is 0. The van der Waals surface area contributed by atoms with E-state index in [9.17, 15) is 4.79 Å². The minimum absolute atomic E-state index is 0.0750. The molecular weight excluding hydrogens is 352 g/mol. The molecule has 0 aliphatic carbocycles. The molecule has 2 aromatic carbocycles. The number of benzene rings is 2. The molecule has 0 radical (unpaired) electrons. The van der Waals surface area contributed by atoms with Crippen LogP contribution in [0.4, 0.5) is 0 Å². The predicted molar refractivity (Wildman–Crippen MR) is 112 cm³/mol. The van der Waals surface area contributed by atoms with Crippen molar-refractivity contribution in [1.82, 2.24) is 10.3 Å². The van der Waals surface area contributed by atoms with Gasteiger partial charge in [-0.2, -0.15) is 0 Å². The van der Waals surface area contributed by atoms with Gasteiger partial charge in [-0.1, -0.05) is 32.0 Å². The van der Waals surface area contributed by atoms with Crippen molar-refractivity contribution in [2.45, 2.75) is 32.7 Å². The Labute approximate surface area is 165 Å². The van der Waals surface area contributed by atoms with E-state index in [1.54, 1.807) is 14.2 Å². The van der Waals surface area contributed by atoms with Crippen molar-refractivity contribution in [1.29, 1.82) is 0 Å². The molecule has 5 heteroatoms. The maximum atomic E-state index is 13.0. The average molecular weight is 378 g/mol. The highest BCUT2D eigenvalue weighted by Gasteiger charge is 2.17. The summed E-state index contributed by atoms with van der Waals surface area (Å²) in [5, 5.41) is 3.98. The maximum Gasteiger partial charge on any atom is 0.252 e. The minimum Gasteiger partial charge on any atom is -0.493 e. The van der Waals surface area contributed by atoms with Crippen molar-refractivity contribution in [2.75, 3.05) is 14.2 Å². The Morgan fingerprint density at radius 1 is 1.00 bits per heavy atom. The van der Waals surface area contributed by atoms with Crippen molar-refractivity contribution in [3.05, 3.63) is 54.1 Å². The summed E-state index contributed by atoms with van der Waals surface area (Å²) in [6.07, 6.45) is 1.79. The Hall–Kier alpha value is -3.08. The van der Waals surface area contributed by atoms with E-state index < -0.39 is 0 Å². The molecule has 0 bridgehead atoms. The molecule has 28 heavy (non-hydrogen) atoms. The van der Waals surface area contributed by atoms with Gasteiger partial charge in [-0.3, -0.25) is 4.79 Å². The first-order valence-electron chi connectivity index (χ1n) is 9.54. The zero-order chi connectivity index (χ0) is 20.1. The first kappa shape index (κ1) is 19.7. The molecule has 3 aromatic rings. The number of hydrogen-bond acceptors (Lipinski definition) is 4. The predicted octanol–water partition coefficient (Wildman–Crippen LogP) is 4.84. The standard InChI is InChI=1S/C23H26N2O3/c1-5-16(6-2)24-23(26)18-14-20(25-19-10-8-7-9-17(18)19)15-11-12-21(27-3)22(13-15)28-4/h7-14,16H,5-6H2,1-4H3,(H,24,26). The van der Waals surface area contributed by atoms with E-state index >= 15 is 0 Å². The molecule has 1 N–H and O–H groups in total. The smallest absolute Gasteiger partial charge is 0.252 e. The third-order valence-electron chi connectivity index (χ3n) is 4.96. The second kappa shape index (κ2) is 8.74. The number of methoxy groups -OCH3 is 2. The summed E-state index contributed by atoms with van der Waals surface area (Å²) in [5.41, 5.74) is 2.99. The van der Waals surface area contributed by atoms with Gasteiger partial charge in [0.05, 0.1) is 31.0 Å². The molecule has 1 heterocycles. The van der Waals surface area contributed by atoms with Crippen molar-refractivity contribution in [3.63, 3.8) is 0 Å². The molecule has 0 spiro atoms. The van der Waals surface area contributed by atoms with E-state index in [4.69, 9.17) is 14.5 Å². The quantitative estimate of drug-likeness (QED) is 0.639. The highest BCUT2D eigenvalue weighted by Crippen LogP contribution is 2.33. The number of para-hydroxylation sites is 1. The number of hydrogen-bond donors (Lipinski definition) is 1. The first-order valence-corrected chi connectivity index (χ1v) is 9.54. The molecule has 5 nitrogen and oxygen atoms in total. The Balaban J connectivity index is 2.11. The van der Waals surface area contributed by atoms with Gasteiger partial charge in [0.25, 0.3) is 5.91 Å². The molecule has 0 unspecified atom stereocenters. The van der Waals surface area contributed by atoms with E-state index in [-0.39, 0.29) is 11.9 Å². The number of ether oxygens (including phenoxy) is 2. The Morgan fingerprint density at radius 2 is 1.71 bits per heavy atom. The first-order chi connectivity index (χ1) is 13.6. The lowest BCUT2D eigenvalue weighted by molar-refractivity contribution is 0.0936. The van der Waals surface area contributed by atoms with E-state index in [1.807, 2.05) is 48.5 Å². The topological polar surface area (TPSA) is 60.5 Å². The average Bonchev–Trinajstić information content (AvgIpc) is 2.75. The number of carbonyl (C=O) groups is 1. The van der Waals surface area contributed by atoms with E-state index in [2.05, 4.69) is 19.2 Å². The number of pyridine rings is 1. The number of aromatic nitrogens is 1. The fraction of sp³-hybridized carbons (Fsp3) is 0.304. The zero-order valence-electron chi connectivity index (χ0n) is 16.8. The number of nitrogens with zero attached hydrogens (tertiary/aromatic N) is 1.